The molecule has 0 unspecified atom stereocenters. The first kappa shape index (κ1) is 17.6. The van der Waals surface area contributed by atoms with Crippen molar-refractivity contribution in [3.05, 3.63) is 29.3 Å². The van der Waals surface area contributed by atoms with Crippen molar-refractivity contribution in [2.45, 2.75) is 32.3 Å². The molecule has 2 rings (SSSR count). The molecule has 1 fully saturated rings. The summed E-state index contributed by atoms with van der Waals surface area (Å²) in [6.45, 7) is 3.03. The van der Waals surface area contributed by atoms with Crippen LogP contribution in [0, 0.1) is 5.92 Å². The van der Waals surface area contributed by atoms with Crippen LogP contribution in [-0.4, -0.2) is 43.1 Å². The molecule has 1 saturated heterocycles. The zero-order valence-electron chi connectivity index (χ0n) is 13.5. The Morgan fingerprint density at radius 3 is 2.39 bits per heavy atom. The molecule has 5 nitrogen and oxygen atoms in total. The van der Waals surface area contributed by atoms with Crippen molar-refractivity contribution < 1.29 is 19.1 Å². The van der Waals surface area contributed by atoms with Crippen molar-refractivity contribution >= 4 is 23.5 Å². The molecular weight excluding hydrogens is 318 g/mol. The molecule has 126 valence electrons. The van der Waals surface area contributed by atoms with Gasteiger partial charge in [0, 0.05) is 18.1 Å². The number of esters is 1. The van der Waals surface area contributed by atoms with Gasteiger partial charge >= 0.3 is 5.97 Å². The number of carbonyl (C=O) groups is 2. The third-order valence-corrected chi connectivity index (χ3v) is 4.33. The summed E-state index contributed by atoms with van der Waals surface area (Å²) in [5.41, 5.74) is 0. The molecule has 1 amide bonds. The maximum absolute atomic E-state index is 12.6. The Hall–Kier alpha value is -1.75. The minimum Gasteiger partial charge on any atom is -0.481 e. The van der Waals surface area contributed by atoms with Crippen LogP contribution in [0.15, 0.2) is 24.3 Å². The third kappa shape index (κ3) is 4.61. The smallest absolute Gasteiger partial charge is 0.308 e. The van der Waals surface area contributed by atoms with E-state index in [0.29, 0.717) is 43.1 Å². The Balaban J connectivity index is 1.92. The van der Waals surface area contributed by atoms with Crippen molar-refractivity contribution in [3.8, 4) is 5.75 Å². The molecule has 6 heteroatoms. The van der Waals surface area contributed by atoms with E-state index >= 15 is 0 Å². The van der Waals surface area contributed by atoms with Crippen molar-refractivity contribution in [2.75, 3.05) is 20.2 Å². The van der Waals surface area contributed by atoms with Gasteiger partial charge in [-0.3, -0.25) is 9.59 Å². The maximum atomic E-state index is 12.6. The first-order valence-corrected chi connectivity index (χ1v) is 8.21. The Morgan fingerprint density at radius 2 is 1.87 bits per heavy atom. The summed E-state index contributed by atoms with van der Waals surface area (Å²) in [5, 5.41) is 0.626. The minimum absolute atomic E-state index is 0.0363. The predicted octanol–water partition coefficient (Wildman–Crippen LogP) is 2.91. The zero-order chi connectivity index (χ0) is 16.8. The molecule has 0 spiro atoms. The van der Waals surface area contributed by atoms with E-state index in [-0.39, 0.29) is 17.8 Å². The largest absolute Gasteiger partial charge is 0.481 e. The van der Waals surface area contributed by atoms with E-state index in [0.717, 1.165) is 0 Å². The van der Waals surface area contributed by atoms with E-state index in [2.05, 4.69) is 0 Å². The van der Waals surface area contributed by atoms with Crippen LogP contribution < -0.4 is 4.74 Å². The molecule has 0 saturated carbocycles. The lowest BCUT2D eigenvalue weighted by molar-refractivity contribution is -0.150. The van der Waals surface area contributed by atoms with Crippen molar-refractivity contribution in [3.63, 3.8) is 0 Å². The van der Waals surface area contributed by atoms with E-state index < -0.39 is 6.10 Å². The lowest BCUT2D eigenvalue weighted by Crippen LogP contribution is -2.46. The Labute approximate surface area is 141 Å². The lowest BCUT2D eigenvalue weighted by atomic mass is 9.96. The topological polar surface area (TPSA) is 55.8 Å². The van der Waals surface area contributed by atoms with E-state index in [4.69, 9.17) is 21.1 Å². The molecule has 23 heavy (non-hydrogen) atoms. The van der Waals surface area contributed by atoms with E-state index in [1.54, 1.807) is 29.2 Å². The molecule has 1 aliphatic rings. The van der Waals surface area contributed by atoms with Gasteiger partial charge < -0.3 is 14.4 Å². The highest BCUT2D eigenvalue weighted by molar-refractivity contribution is 6.30. The number of amides is 1. The normalized spacial score (nSPS) is 16.7. The number of likely N-dealkylation sites (tertiary alicyclic amines) is 1. The number of halogens is 1. The summed E-state index contributed by atoms with van der Waals surface area (Å²) in [7, 11) is 1.40. The van der Waals surface area contributed by atoms with E-state index in [9.17, 15) is 9.59 Å². The van der Waals surface area contributed by atoms with Gasteiger partial charge in [0.2, 0.25) is 0 Å². The van der Waals surface area contributed by atoms with Crippen LogP contribution in [0.4, 0.5) is 0 Å². The van der Waals surface area contributed by atoms with Crippen LogP contribution in [0.3, 0.4) is 0 Å². The molecule has 0 bridgehead atoms. The standard InChI is InChI=1S/C17H22ClNO4/c1-3-15(23-14-6-4-13(18)5-7-14)16(20)19-10-8-12(9-11-19)17(21)22-2/h4-7,12,15H,3,8-11H2,1-2H3/t15-/m1/s1. The summed E-state index contributed by atoms with van der Waals surface area (Å²) >= 11 is 5.85. The van der Waals surface area contributed by atoms with Gasteiger partial charge in [0.1, 0.15) is 5.75 Å². The Morgan fingerprint density at radius 1 is 1.26 bits per heavy atom. The fraction of sp³-hybridized carbons (Fsp3) is 0.529. The number of ether oxygens (including phenoxy) is 2. The van der Waals surface area contributed by atoms with Gasteiger partial charge in [0.15, 0.2) is 6.10 Å². The molecule has 1 atom stereocenters. The summed E-state index contributed by atoms with van der Waals surface area (Å²) in [4.78, 5) is 25.9. The number of benzene rings is 1. The van der Waals surface area contributed by atoms with Gasteiger partial charge in [-0.15, -0.1) is 0 Å². The number of piperidine rings is 1. The highest BCUT2D eigenvalue weighted by Gasteiger charge is 2.31. The van der Waals surface area contributed by atoms with Crippen LogP contribution in [0.25, 0.3) is 0 Å². The van der Waals surface area contributed by atoms with Gasteiger partial charge in [-0.2, -0.15) is 0 Å². The summed E-state index contributed by atoms with van der Waals surface area (Å²) in [6.07, 6.45) is 1.33. The number of nitrogens with zero attached hydrogens (tertiary/aromatic N) is 1. The fourth-order valence-electron chi connectivity index (χ4n) is 2.69. The van der Waals surface area contributed by atoms with Crippen LogP contribution in [0.5, 0.6) is 5.75 Å². The van der Waals surface area contributed by atoms with Crippen LogP contribution in [0.2, 0.25) is 5.02 Å². The molecule has 0 aromatic heterocycles. The summed E-state index contributed by atoms with van der Waals surface area (Å²) in [6, 6.07) is 6.97. The monoisotopic (exact) mass is 339 g/mol. The second-order valence-corrected chi connectivity index (χ2v) is 6.03. The first-order chi connectivity index (χ1) is 11.0. The Bertz CT molecular complexity index is 538. The lowest BCUT2D eigenvalue weighted by Gasteiger charge is -2.33. The van der Waals surface area contributed by atoms with Crippen LogP contribution in [-0.2, 0) is 14.3 Å². The summed E-state index contributed by atoms with van der Waals surface area (Å²) in [5.74, 6) is 0.285. The highest BCUT2D eigenvalue weighted by atomic mass is 35.5. The van der Waals surface area contributed by atoms with E-state index in [1.807, 2.05) is 6.92 Å². The van der Waals surface area contributed by atoms with Crippen molar-refractivity contribution in [1.82, 2.24) is 4.90 Å². The van der Waals surface area contributed by atoms with Gasteiger partial charge in [-0.1, -0.05) is 18.5 Å². The highest BCUT2D eigenvalue weighted by Crippen LogP contribution is 2.22. The van der Waals surface area contributed by atoms with Crippen molar-refractivity contribution in [2.24, 2.45) is 5.92 Å². The van der Waals surface area contributed by atoms with Crippen LogP contribution >= 0.6 is 11.6 Å². The minimum atomic E-state index is -0.522. The SMILES string of the molecule is CC[C@@H](Oc1ccc(Cl)cc1)C(=O)N1CCC(C(=O)OC)CC1. The molecule has 0 aliphatic carbocycles. The molecule has 0 N–H and O–H groups in total. The second-order valence-electron chi connectivity index (χ2n) is 5.59. The number of carbonyl (C=O) groups excluding carboxylic acids is 2. The molecule has 1 aromatic carbocycles. The van der Waals surface area contributed by atoms with Crippen LogP contribution in [0.1, 0.15) is 26.2 Å². The maximum Gasteiger partial charge on any atom is 0.308 e. The molecule has 1 heterocycles. The third-order valence-electron chi connectivity index (χ3n) is 4.08. The summed E-state index contributed by atoms with van der Waals surface area (Å²) < 4.78 is 10.6. The van der Waals surface area contributed by atoms with Gasteiger partial charge in [-0.25, -0.2) is 0 Å². The van der Waals surface area contributed by atoms with Crippen molar-refractivity contribution in [1.29, 1.82) is 0 Å². The molecule has 0 radical (unpaired) electrons. The average molecular weight is 340 g/mol. The quantitative estimate of drug-likeness (QED) is 0.774. The first-order valence-electron chi connectivity index (χ1n) is 7.84. The van der Waals surface area contributed by atoms with Gasteiger partial charge in [0.05, 0.1) is 13.0 Å². The average Bonchev–Trinajstić information content (AvgIpc) is 2.60. The van der Waals surface area contributed by atoms with Gasteiger partial charge in [-0.05, 0) is 43.5 Å². The number of hydrogen-bond donors (Lipinski definition) is 0. The Kier molecular flexibility index (Phi) is 6.28. The zero-order valence-corrected chi connectivity index (χ0v) is 14.2. The van der Waals surface area contributed by atoms with Gasteiger partial charge in [0.25, 0.3) is 5.91 Å². The second kappa shape index (κ2) is 8.20. The fourth-order valence-corrected chi connectivity index (χ4v) is 2.82. The predicted molar refractivity (Wildman–Crippen MR) is 87.5 cm³/mol. The molecular formula is C17H22ClNO4. The molecule has 1 aliphatic heterocycles. The number of methoxy groups -OCH3 is 1. The number of hydrogen-bond acceptors (Lipinski definition) is 4. The molecule has 1 aromatic rings. The number of rotatable bonds is 5. The van der Waals surface area contributed by atoms with E-state index in [1.165, 1.54) is 7.11 Å².